The number of benzene rings is 1. The second-order valence-corrected chi connectivity index (χ2v) is 5.33. The van der Waals surface area contributed by atoms with Gasteiger partial charge in [-0.2, -0.15) is 0 Å². The van der Waals surface area contributed by atoms with Crippen molar-refractivity contribution in [3.8, 4) is 0 Å². The van der Waals surface area contributed by atoms with E-state index in [1.165, 1.54) is 6.07 Å². The summed E-state index contributed by atoms with van der Waals surface area (Å²) in [5, 5.41) is 3.75. The first-order chi connectivity index (χ1) is 9.06. The SMILES string of the molecule is CC(=O)N1CCC(NCc2ccc(Cl)cc2F)CC1. The molecule has 5 heteroatoms. The summed E-state index contributed by atoms with van der Waals surface area (Å²) in [6, 6.07) is 5.07. The lowest BCUT2D eigenvalue weighted by Crippen LogP contribution is -2.44. The van der Waals surface area contributed by atoms with Crippen LogP contribution < -0.4 is 5.32 Å². The molecule has 1 aliphatic heterocycles. The molecular weight excluding hydrogens is 267 g/mol. The van der Waals surface area contributed by atoms with Gasteiger partial charge in [0.1, 0.15) is 5.82 Å². The molecule has 1 heterocycles. The lowest BCUT2D eigenvalue weighted by molar-refractivity contribution is -0.129. The molecule has 0 radical (unpaired) electrons. The zero-order valence-corrected chi connectivity index (χ0v) is 11.7. The normalized spacial score (nSPS) is 16.7. The Labute approximate surface area is 117 Å². The fourth-order valence-corrected chi connectivity index (χ4v) is 2.48. The maximum atomic E-state index is 13.6. The molecule has 1 N–H and O–H groups in total. The zero-order valence-electron chi connectivity index (χ0n) is 11.0. The molecule has 0 atom stereocenters. The van der Waals surface area contributed by atoms with E-state index < -0.39 is 0 Å². The van der Waals surface area contributed by atoms with Crippen LogP contribution in [-0.2, 0) is 11.3 Å². The maximum Gasteiger partial charge on any atom is 0.219 e. The van der Waals surface area contributed by atoms with Gasteiger partial charge in [-0.1, -0.05) is 17.7 Å². The molecule has 3 nitrogen and oxygen atoms in total. The summed E-state index contributed by atoms with van der Waals surface area (Å²) in [5.41, 5.74) is 0.624. The molecule has 0 aromatic heterocycles. The Morgan fingerprint density at radius 1 is 1.47 bits per heavy atom. The van der Waals surface area contributed by atoms with Gasteiger partial charge >= 0.3 is 0 Å². The molecule has 0 aliphatic carbocycles. The average molecular weight is 285 g/mol. The molecule has 1 fully saturated rings. The van der Waals surface area contributed by atoms with Crippen molar-refractivity contribution in [2.75, 3.05) is 13.1 Å². The third-order valence-corrected chi connectivity index (χ3v) is 3.77. The van der Waals surface area contributed by atoms with Gasteiger partial charge in [-0.05, 0) is 25.0 Å². The molecule has 1 aliphatic rings. The third kappa shape index (κ3) is 3.91. The average Bonchev–Trinajstić information content (AvgIpc) is 2.38. The van der Waals surface area contributed by atoms with Crippen LogP contribution in [0.4, 0.5) is 4.39 Å². The van der Waals surface area contributed by atoms with E-state index in [1.807, 2.05) is 4.90 Å². The van der Waals surface area contributed by atoms with Crippen molar-refractivity contribution < 1.29 is 9.18 Å². The van der Waals surface area contributed by atoms with Gasteiger partial charge in [0.15, 0.2) is 0 Å². The van der Waals surface area contributed by atoms with Crippen molar-refractivity contribution in [1.82, 2.24) is 10.2 Å². The van der Waals surface area contributed by atoms with Gasteiger partial charge in [0, 0.05) is 43.2 Å². The Morgan fingerprint density at radius 3 is 2.74 bits per heavy atom. The highest BCUT2D eigenvalue weighted by atomic mass is 35.5. The fraction of sp³-hybridized carbons (Fsp3) is 0.500. The van der Waals surface area contributed by atoms with Crippen LogP contribution in [0.5, 0.6) is 0 Å². The quantitative estimate of drug-likeness (QED) is 0.925. The summed E-state index contributed by atoms with van der Waals surface area (Å²) in [6.45, 7) is 3.64. The lowest BCUT2D eigenvalue weighted by atomic mass is 10.0. The first-order valence-electron chi connectivity index (χ1n) is 6.49. The summed E-state index contributed by atoms with van der Waals surface area (Å²) in [5.74, 6) is -0.150. The van der Waals surface area contributed by atoms with Crippen molar-refractivity contribution in [2.45, 2.75) is 32.4 Å². The first kappa shape index (κ1) is 14.3. The monoisotopic (exact) mass is 284 g/mol. The summed E-state index contributed by atoms with van der Waals surface area (Å²) in [4.78, 5) is 13.1. The molecule has 1 aromatic rings. The van der Waals surface area contributed by atoms with Gasteiger partial charge in [-0.15, -0.1) is 0 Å². The molecule has 19 heavy (non-hydrogen) atoms. The summed E-state index contributed by atoms with van der Waals surface area (Å²) in [7, 11) is 0. The molecule has 1 amide bonds. The van der Waals surface area contributed by atoms with E-state index in [-0.39, 0.29) is 11.7 Å². The van der Waals surface area contributed by atoms with E-state index in [2.05, 4.69) is 5.32 Å². The lowest BCUT2D eigenvalue weighted by Gasteiger charge is -2.31. The number of nitrogens with one attached hydrogen (secondary N) is 1. The van der Waals surface area contributed by atoms with Crippen LogP contribution in [0.3, 0.4) is 0 Å². The molecule has 1 aromatic carbocycles. The standard InChI is InChI=1S/C14H18ClFN2O/c1-10(19)18-6-4-13(5-7-18)17-9-11-2-3-12(15)8-14(11)16/h2-3,8,13,17H,4-7,9H2,1H3. The number of nitrogens with zero attached hydrogens (tertiary/aromatic N) is 1. The maximum absolute atomic E-state index is 13.6. The van der Waals surface area contributed by atoms with Gasteiger partial charge in [0.2, 0.25) is 5.91 Å². The summed E-state index contributed by atoms with van der Waals surface area (Å²) >= 11 is 5.71. The van der Waals surface area contributed by atoms with Crippen molar-refractivity contribution in [2.24, 2.45) is 0 Å². The highest BCUT2D eigenvalue weighted by Crippen LogP contribution is 2.16. The van der Waals surface area contributed by atoms with E-state index in [1.54, 1.807) is 19.1 Å². The van der Waals surface area contributed by atoms with E-state index in [4.69, 9.17) is 11.6 Å². The predicted molar refractivity (Wildman–Crippen MR) is 73.5 cm³/mol. The minimum absolute atomic E-state index is 0.127. The number of piperidine rings is 1. The zero-order chi connectivity index (χ0) is 13.8. The van der Waals surface area contributed by atoms with Gasteiger partial charge in [0.25, 0.3) is 0 Å². The van der Waals surface area contributed by atoms with Crippen molar-refractivity contribution >= 4 is 17.5 Å². The molecule has 2 rings (SSSR count). The third-order valence-electron chi connectivity index (χ3n) is 3.54. The minimum atomic E-state index is -0.277. The Kier molecular flexibility index (Phi) is 4.77. The number of likely N-dealkylation sites (tertiary alicyclic amines) is 1. The van der Waals surface area contributed by atoms with Crippen molar-refractivity contribution in [3.05, 3.63) is 34.6 Å². The Hall–Kier alpha value is -1.13. The van der Waals surface area contributed by atoms with Gasteiger partial charge in [0.05, 0.1) is 0 Å². The smallest absolute Gasteiger partial charge is 0.219 e. The molecule has 104 valence electrons. The summed E-state index contributed by atoms with van der Waals surface area (Å²) < 4.78 is 13.6. The van der Waals surface area contributed by atoms with E-state index in [0.717, 1.165) is 25.9 Å². The Balaban J connectivity index is 1.82. The molecule has 0 unspecified atom stereocenters. The fourth-order valence-electron chi connectivity index (χ4n) is 2.32. The van der Waals surface area contributed by atoms with E-state index in [9.17, 15) is 9.18 Å². The highest BCUT2D eigenvalue weighted by molar-refractivity contribution is 6.30. The molecular formula is C14H18ClFN2O. The highest BCUT2D eigenvalue weighted by Gasteiger charge is 2.20. The Morgan fingerprint density at radius 2 is 2.16 bits per heavy atom. The van der Waals surface area contributed by atoms with Gasteiger partial charge < -0.3 is 10.2 Å². The number of hydrogen-bond acceptors (Lipinski definition) is 2. The van der Waals surface area contributed by atoms with Crippen LogP contribution >= 0.6 is 11.6 Å². The van der Waals surface area contributed by atoms with Crippen LogP contribution in [0.15, 0.2) is 18.2 Å². The number of halogens is 2. The molecule has 0 saturated carbocycles. The van der Waals surface area contributed by atoms with Crippen LogP contribution in [0, 0.1) is 5.82 Å². The van der Waals surface area contributed by atoms with Crippen molar-refractivity contribution in [3.63, 3.8) is 0 Å². The number of rotatable bonds is 3. The second kappa shape index (κ2) is 6.35. The molecule has 1 saturated heterocycles. The van der Waals surface area contributed by atoms with E-state index in [0.29, 0.717) is 23.2 Å². The first-order valence-corrected chi connectivity index (χ1v) is 6.87. The van der Waals surface area contributed by atoms with Crippen LogP contribution in [0.25, 0.3) is 0 Å². The van der Waals surface area contributed by atoms with Crippen LogP contribution in [0.1, 0.15) is 25.3 Å². The molecule has 0 bridgehead atoms. The van der Waals surface area contributed by atoms with Crippen LogP contribution in [0.2, 0.25) is 5.02 Å². The number of amides is 1. The van der Waals surface area contributed by atoms with Gasteiger partial charge in [-0.3, -0.25) is 4.79 Å². The number of carbonyl (C=O) groups excluding carboxylic acids is 1. The second-order valence-electron chi connectivity index (χ2n) is 4.90. The van der Waals surface area contributed by atoms with E-state index >= 15 is 0 Å². The van der Waals surface area contributed by atoms with Gasteiger partial charge in [-0.25, -0.2) is 4.39 Å². The predicted octanol–water partition coefficient (Wildman–Crippen LogP) is 2.58. The summed E-state index contributed by atoms with van der Waals surface area (Å²) in [6.07, 6.45) is 1.82. The Bertz CT molecular complexity index is 459. The number of hydrogen-bond donors (Lipinski definition) is 1. The van der Waals surface area contributed by atoms with Crippen LogP contribution in [-0.4, -0.2) is 29.9 Å². The van der Waals surface area contributed by atoms with Crippen molar-refractivity contribution in [1.29, 1.82) is 0 Å². The number of carbonyl (C=O) groups is 1. The largest absolute Gasteiger partial charge is 0.343 e. The molecule has 0 spiro atoms. The minimum Gasteiger partial charge on any atom is -0.343 e. The topological polar surface area (TPSA) is 32.3 Å².